The van der Waals surface area contributed by atoms with Crippen molar-refractivity contribution in [1.29, 1.82) is 0 Å². The van der Waals surface area contributed by atoms with E-state index in [9.17, 15) is 22.8 Å². The summed E-state index contributed by atoms with van der Waals surface area (Å²) in [6.45, 7) is -1.44. The summed E-state index contributed by atoms with van der Waals surface area (Å²) in [6.07, 6.45) is -3.70. The quantitative estimate of drug-likeness (QED) is 0.677. The van der Waals surface area contributed by atoms with Gasteiger partial charge in [-0.25, -0.2) is 0 Å². The molecule has 0 saturated heterocycles. The minimum atomic E-state index is -4.35. The first-order valence-electron chi connectivity index (χ1n) is 8.03. The molecule has 144 valence electrons. The van der Waals surface area contributed by atoms with Crippen LogP contribution in [0.2, 0.25) is 0 Å². The molecule has 8 heteroatoms. The molecule has 0 bridgehead atoms. The highest BCUT2D eigenvalue weighted by atomic mass is 19.4. The van der Waals surface area contributed by atoms with Crippen molar-refractivity contribution in [3.63, 3.8) is 0 Å². The monoisotopic (exact) mass is 381 g/mol. The minimum absolute atomic E-state index is 0.143. The second-order valence-corrected chi connectivity index (χ2v) is 5.65. The molecule has 0 atom stereocenters. The second kappa shape index (κ2) is 9.72. The largest absolute Gasteiger partial charge is 0.483 e. The Morgan fingerprint density at radius 3 is 2.37 bits per heavy atom. The summed E-state index contributed by atoms with van der Waals surface area (Å²) >= 11 is 0. The lowest BCUT2D eigenvalue weighted by Gasteiger charge is -2.10. The van der Waals surface area contributed by atoms with Crippen LogP contribution >= 0.6 is 0 Å². The number of hydrogen-bond donors (Lipinski definition) is 1. The molecule has 1 N–H and O–H groups in total. The van der Waals surface area contributed by atoms with Gasteiger partial charge in [-0.1, -0.05) is 36.4 Å². The third-order valence-corrected chi connectivity index (χ3v) is 3.45. The van der Waals surface area contributed by atoms with Crippen LogP contribution in [0.15, 0.2) is 48.5 Å². The predicted octanol–water partition coefficient (Wildman–Crippen LogP) is 3.27. The maximum atomic E-state index is 12.0. The molecular formula is C19H18F3NO4. The van der Waals surface area contributed by atoms with E-state index in [0.717, 1.165) is 5.56 Å². The summed E-state index contributed by atoms with van der Waals surface area (Å²) in [6, 6.07) is 13.2. The number of carbonyl (C=O) groups is 2. The van der Waals surface area contributed by atoms with E-state index in [-0.39, 0.29) is 25.7 Å². The van der Waals surface area contributed by atoms with Crippen LogP contribution < -0.4 is 10.1 Å². The number of benzene rings is 2. The molecule has 27 heavy (non-hydrogen) atoms. The van der Waals surface area contributed by atoms with E-state index in [1.807, 2.05) is 0 Å². The molecule has 2 aromatic carbocycles. The molecule has 0 aliphatic heterocycles. The zero-order valence-corrected chi connectivity index (χ0v) is 14.3. The Morgan fingerprint density at radius 1 is 1.04 bits per heavy atom. The fourth-order valence-electron chi connectivity index (χ4n) is 2.14. The summed E-state index contributed by atoms with van der Waals surface area (Å²) in [5, 5.41) is 2.66. The number of halogens is 3. The van der Waals surface area contributed by atoms with Gasteiger partial charge in [0.2, 0.25) is 0 Å². The highest BCUT2D eigenvalue weighted by molar-refractivity contribution is 5.80. The van der Waals surface area contributed by atoms with Crippen LogP contribution in [0.5, 0.6) is 5.75 Å². The van der Waals surface area contributed by atoms with Crippen molar-refractivity contribution < 1.29 is 32.2 Å². The SMILES string of the molecule is O=Cc1ccccc1OCC(=O)NCc1ccc(COCC(F)(F)F)cc1. The minimum Gasteiger partial charge on any atom is -0.483 e. The molecule has 0 fully saturated rings. The smallest absolute Gasteiger partial charge is 0.411 e. The topological polar surface area (TPSA) is 64.6 Å². The molecule has 5 nitrogen and oxygen atoms in total. The average molecular weight is 381 g/mol. The Labute approximate surface area is 154 Å². The lowest BCUT2D eigenvalue weighted by atomic mass is 10.1. The van der Waals surface area contributed by atoms with E-state index < -0.39 is 12.8 Å². The molecule has 0 aliphatic carbocycles. The lowest BCUT2D eigenvalue weighted by Crippen LogP contribution is -2.28. The van der Waals surface area contributed by atoms with Crippen molar-refractivity contribution in [2.24, 2.45) is 0 Å². The van der Waals surface area contributed by atoms with Crippen LogP contribution in [0, 0.1) is 0 Å². The van der Waals surface area contributed by atoms with Crippen LogP contribution in [0.3, 0.4) is 0 Å². The van der Waals surface area contributed by atoms with Crippen molar-refractivity contribution in [1.82, 2.24) is 5.32 Å². The van der Waals surface area contributed by atoms with E-state index >= 15 is 0 Å². The molecule has 0 heterocycles. The summed E-state index contributed by atoms with van der Waals surface area (Å²) in [5.41, 5.74) is 1.73. The van der Waals surface area contributed by atoms with E-state index in [1.54, 1.807) is 48.5 Å². The van der Waals surface area contributed by atoms with E-state index in [0.29, 0.717) is 23.2 Å². The number of ether oxygens (including phenoxy) is 2. The molecule has 2 rings (SSSR count). The summed E-state index contributed by atoms with van der Waals surface area (Å²) in [4.78, 5) is 22.7. The van der Waals surface area contributed by atoms with E-state index in [2.05, 4.69) is 10.1 Å². The van der Waals surface area contributed by atoms with Crippen LogP contribution in [-0.2, 0) is 22.7 Å². The average Bonchev–Trinajstić information content (AvgIpc) is 2.65. The maximum absolute atomic E-state index is 12.0. The van der Waals surface area contributed by atoms with Crippen molar-refractivity contribution in [2.75, 3.05) is 13.2 Å². The normalized spacial score (nSPS) is 11.1. The second-order valence-electron chi connectivity index (χ2n) is 5.65. The number of rotatable bonds is 9. The van der Waals surface area contributed by atoms with Gasteiger partial charge in [0.1, 0.15) is 12.4 Å². The van der Waals surface area contributed by atoms with Gasteiger partial charge in [-0.15, -0.1) is 0 Å². The van der Waals surface area contributed by atoms with E-state index in [4.69, 9.17) is 4.74 Å². The van der Waals surface area contributed by atoms with E-state index in [1.165, 1.54) is 0 Å². The van der Waals surface area contributed by atoms with Gasteiger partial charge in [-0.3, -0.25) is 9.59 Å². The zero-order chi connectivity index (χ0) is 19.7. The van der Waals surface area contributed by atoms with Crippen molar-refractivity contribution in [3.05, 3.63) is 65.2 Å². The van der Waals surface area contributed by atoms with Gasteiger partial charge >= 0.3 is 6.18 Å². The Morgan fingerprint density at radius 2 is 1.70 bits per heavy atom. The van der Waals surface area contributed by atoms with Gasteiger partial charge in [0.25, 0.3) is 5.91 Å². The van der Waals surface area contributed by atoms with Crippen LogP contribution in [0.1, 0.15) is 21.5 Å². The highest BCUT2D eigenvalue weighted by Gasteiger charge is 2.27. The number of aldehydes is 1. The number of amides is 1. The van der Waals surface area contributed by atoms with Crippen LogP contribution in [0.25, 0.3) is 0 Å². The first-order valence-corrected chi connectivity index (χ1v) is 8.03. The molecule has 0 unspecified atom stereocenters. The van der Waals surface area contributed by atoms with Gasteiger partial charge in [0.15, 0.2) is 12.9 Å². The lowest BCUT2D eigenvalue weighted by molar-refractivity contribution is -0.176. The number of nitrogens with one attached hydrogen (secondary N) is 1. The number of para-hydroxylation sites is 1. The highest BCUT2D eigenvalue weighted by Crippen LogP contribution is 2.16. The van der Waals surface area contributed by atoms with Gasteiger partial charge in [0, 0.05) is 6.54 Å². The third-order valence-electron chi connectivity index (χ3n) is 3.45. The predicted molar refractivity (Wildman–Crippen MR) is 91.3 cm³/mol. The van der Waals surface area contributed by atoms with Crippen LogP contribution in [0.4, 0.5) is 13.2 Å². The number of hydrogen-bond acceptors (Lipinski definition) is 4. The Bertz CT molecular complexity index is 760. The third kappa shape index (κ3) is 7.49. The van der Waals surface area contributed by atoms with Crippen molar-refractivity contribution >= 4 is 12.2 Å². The Hall–Kier alpha value is -2.87. The summed E-state index contributed by atoms with van der Waals surface area (Å²) in [7, 11) is 0. The molecule has 0 aliphatic rings. The maximum Gasteiger partial charge on any atom is 0.411 e. The molecular weight excluding hydrogens is 363 g/mol. The summed E-state index contributed by atoms with van der Waals surface area (Å²) < 4.78 is 46.0. The number of carbonyl (C=O) groups excluding carboxylic acids is 2. The fraction of sp³-hybridized carbons (Fsp3) is 0.263. The molecule has 1 amide bonds. The molecule has 2 aromatic rings. The standard InChI is InChI=1S/C19H18F3NO4/c20-19(21,22)13-26-11-15-7-5-14(6-8-15)9-23-18(25)12-27-17-4-2-1-3-16(17)10-24/h1-8,10H,9,11-13H2,(H,23,25). The number of alkyl halides is 3. The molecule has 0 spiro atoms. The molecule has 0 aromatic heterocycles. The van der Waals surface area contributed by atoms with Crippen molar-refractivity contribution in [2.45, 2.75) is 19.3 Å². The summed E-state index contributed by atoms with van der Waals surface area (Å²) in [5.74, 6) is -0.0425. The molecule has 0 saturated carbocycles. The van der Waals surface area contributed by atoms with Gasteiger partial charge < -0.3 is 14.8 Å². The van der Waals surface area contributed by atoms with Gasteiger partial charge in [-0.2, -0.15) is 13.2 Å². The first-order chi connectivity index (χ1) is 12.9. The van der Waals surface area contributed by atoms with Crippen LogP contribution in [-0.4, -0.2) is 31.6 Å². The van der Waals surface area contributed by atoms with Gasteiger partial charge in [0.05, 0.1) is 12.2 Å². The van der Waals surface area contributed by atoms with Gasteiger partial charge in [-0.05, 0) is 23.3 Å². The van der Waals surface area contributed by atoms with Crippen molar-refractivity contribution in [3.8, 4) is 5.75 Å². The Kier molecular flexibility index (Phi) is 7.36. The first kappa shape index (κ1) is 20.4. The Balaban J connectivity index is 1.74. The molecule has 0 radical (unpaired) electrons. The zero-order valence-electron chi connectivity index (χ0n) is 14.3. The fourth-order valence-corrected chi connectivity index (χ4v) is 2.14.